The molecule has 0 aromatic heterocycles. The third-order valence-electron chi connectivity index (χ3n) is 5.39. The lowest BCUT2D eigenvalue weighted by atomic mass is 10.00. The Morgan fingerprint density at radius 2 is 1.48 bits per heavy atom. The van der Waals surface area contributed by atoms with Crippen LogP contribution in [0.3, 0.4) is 0 Å². The van der Waals surface area contributed by atoms with E-state index < -0.39 is 10.0 Å². The Hall–Kier alpha value is -2.87. The highest BCUT2D eigenvalue weighted by Gasteiger charge is 2.25. The first-order valence-electron chi connectivity index (χ1n) is 10.4. The van der Waals surface area contributed by atoms with E-state index in [9.17, 15) is 18.0 Å². The average Bonchev–Trinajstić information content (AvgIpc) is 2.73. The summed E-state index contributed by atoms with van der Waals surface area (Å²) in [5.74, 6) is 0.240. The monoisotopic (exact) mass is 443 g/mol. The summed E-state index contributed by atoms with van der Waals surface area (Å²) in [6.07, 6.45) is 2.45. The molecule has 1 saturated heterocycles. The highest BCUT2D eigenvalue weighted by atomic mass is 32.2. The zero-order valence-corrected chi connectivity index (χ0v) is 18.9. The van der Waals surface area contributed by atoms with E-state index in [0.29, 0.717) is 48.7 Å². The maximum atomic E-state index is 12.8. The van der Waals surface area contributed by atoms with Crippen molar-refractivity contribution in [3.63, 3.8) is 0 Å². The van der Waals surface area contributed by atoms with Gasteiger partial charge in [0.25, 0.3) is 11.8 Å². The molecule has 0 spiro atoms. The molecule has 7 nitrogen and oxygen atoms in total. The van der Waals surface area contributed by atoms with Gasteiger partial charge in [0.1, 0.15) is 0 Å². The molecule has 2 amide bonds. The zero-order valence-electron chi connectivity index (χ0n) is 18.1. The van der Waals surface area contributed by atoms with Gasteiger partial charge in [0.05, 0.1) is 6.26 Å². The van der Waals surface area contributed by atoms with Gasteiger partial charge in [-0.2, -0.15) is 0 Å². The highest BCUT2D eigenvalue weighted by molar-refractivity contribution is 7.92. The number of carbonyl (C=O) groups excluding carboxylic acids is 2. The number of amides is 2. The SMILES string of the molecule is CC(C)c1ccc(C(=O)N2CCC(NC(=O)c3ccc(NS(C)(=O)=O)cc3)CC2)cc1. The van der Waals surface area contributed by atoms with Gasteiger partial charge in [0.2, 0.25) is 10.0 Å². The van der Waals surface area contributed by atoms with Gasteiger partial charge in [-0.25, -0.2) is 8.42 Å². The van der Waals surface area contributed by atoms with E-state index in [0.717, 1.165) is 6.26 Å². The van der Waals surface area contributed by atoms with Crippen LogP contribution >= 0.6 is 0 Å². The van der Waals surface area contributed by atoms with E-state index in [1.807, 2.05) is 29.2 Å². The summed E-state index contributed by atoms with van der Waals surface area (Å²) in [4.78, 5) is 27.1. The van der Waals surface area contributed by atoms with Gasteiger partial charge in [-0.1, -0.05) is 26.0 Å². The van der Waals surface area contributed by atoms with Crippen molar-refractivity contribution in [3.8, 4) is 0 Å². The summed E-state index contributed by atoms with van der Waals surface area (Å²) in [6, 6.07) is 14.0. The maximum absolute atomic E-state index is 12.8. The molecular weight excluding hydrogens is 414 g/mol. The number of benzene rings is 2. The Morgan fingerprint density at radius 3 is 2.00 bits per heavy atom. The Balaban J connectivity index is 1.51. The molecule has 2 N–H and O–H groups in total. The van der Waals surface area contributed by atoms with Gasteiger partial charge < -0.3 is 10.2 Å². The number of nitrogens with one attached hydrogen (secondary N) is 2. The molecule has 1 aliphatic heterocycles. The smallest absolute Gasteiger partial charge is 0.253 e. The van der Waals surface area contributed by atoms with Crippen LogP contribution < -0.4 is 10.0 Å². The Labute approximate surface area is 183 Å². The standard InChI is InChI=1S/C23H29N3O4S/c1-16(2)17-4-6-19(7-5-17)23(28)26-14-12-20(13-15-26)24-22(27)18-8-10-21(11-9-18)25-31(3,29)30/h4-11,16,20,25H,12-15H2,1-3H3,(H,24,27). The normalized spacial score (nSPS) is 15.0. The molecule has 0 aliphatic carbocycles. The molecule has 0 atom stereocenters. The third-order valence-corrected chi connectivity index (χ3v) is 6.00. The van der Waals surface area contributed by atoms with Crippen LogP contribution in [-0.2, 0) is 10.0 Å². The molecule has 31 heavy (non-hydrogen) atoms. The third kappa shape index (κ3) is 6.30. The van der Waals surface area contributed by atoms with Crippen molar-refractivity contribution >= 4 is 27.5 Å². The number of hydrogen-bond donors (Lipinski definition) is 2. The molecule has 8 heteroatoms. The predicted octanol–water partition coefficient (Wildman–Crippen LogP) is 3.22. The largest absolute Gasteiger partial charge is 0.349 e. The fraction of sp³-hybridized carbons (Fsp3) is 0.391. The van der Waals surface area contributed by atoms with E-state index in [1.165, 1.54) is 5.56 Å². The zero-order chi connectivity index (χ0) is 22.6. The van der Waals surface area contributed by atoms with Gasteiger partial charge in [-0.3, -0.25) is 14.3 Å². The van der Waals surface area contributed by atoms with E-state index in [2.05, 4.69) is 23.9 Å². The van der Waals surface area contributed by atoms with Crippen molar-refractivity contribution in [2.75, 3.05) is 24.1 Å². The lowest BCUT2D eigenvalue weighted by Crippen LogP contribution is -2.46. The van der Waals surface area contributed by atoms with Crippen molar-refractivity contribution in [3.05, 3.63) is 65.2 Å². The predicted molar refractivity (Wildman–Crippen MR) is 122 cm³/mol. The fourth-order valence-corrected chi connectivity index (χ4v) is 4.16. The second-order valence-electron chi connectivity index (χ2n) is 8.27. The molecule has 1 fully saturated rings. The first-order valence-corrected chi connectivity index (χ1v) is 12.3. The van der Waals surface area contributed by atoms with Crippen LogP contribution in [0.4, 0.5) is 5.69 Å². The Bertz CT molecular complexity index is 1020. The van der Waals surface area contributed by atoms with Crippen LogP contribution in [0.5, 0.6) is 0 Å². The van der Waals surface area contributed by atoms with Gasteiger partial charge in [0.15, 0.2) is 0 Å². The molecule has 2 aromatic rings. The van der Waals surface area contributed by atoms with Gasteiger partial charge in [0, 0.05) is 35.9 Å². The second kappa shape index (κ2) is 9.51. The van der Waals surface area contributed by atoms with E-state index in [4.69, 9.17) is 0 Å². The van der Waals surface area contributed by atoms with Crippen LogP contribution in [0.25, 0.3) is 0 Å². The molecule has 0 bridgehead atoms. The minimum Gasteiger partial charge on any atom is -0.349 e. The van der Waals surface area contributed by atoms with Crippen LogP contribution in [-0.4, -0.2) is 50.5 Å². The molecule has 2 aromatic carbocycles. The molecule has 0 unspecified atom stereocenters. The van der Waals surface area contributed by atoms with Gasteiger partial charge in [-0.15, -0.1) is 0 Å². The summed E-state index contributed by atoms with van der Waals surface area (Å²) in [6.45, 7) is 5.42. The molecule has 3 rings (SSSR count). The van der Waals surface area contributed by atoms with E-state index >= 15 is 0 Å². The Kier molecular flexibility index (Phi) is 7.00. The molecule has 166 valence electrons. The molecule has 0 radical (unpaired) electrons. The minimum atomic E-state index is -3.35. The number of sulfonamides is 1. The summed E-state index contributed by atoms with van der Waals surface area (Å²) >= 11 is 0. The van der Waals surface area contributed by atoms with Crippen molar-refractivity contribution in [1.29, 1.82) is 0 Å². The van der Waals surface area contributed by atoms with Crippen LogP contribution in [0.2, 0.25) is 0 Å². The number of carbonyl (C=O) groups is 2. The molecule has 0 saturated carbocycles. The van der Waals surface area contributed by atoms with E-state index in [-0.39, 0.29) is 17.9 Å². The quantitative estimate of drug-likeness (QED) is 0.717. The maximum Gasteiger partial charge on any atom is 0.253 e. The lowest BCUT2D eigenvalue weighted by Gasteiger charge is -2.32. The topological polar surface area (TPSA) is 95.6 Å². The fourth-order valence-electron chi connectivity index (χ4n) is 3.59. The molecule has 1 heterocycles. The van der Waals surface area contributed by atoms with E-state index in [1.54, 1.807) is 24.3 Å². The number of hydrogen-bond acceptors (Lipinski definition) is 4. The first-order chi connectivity index (χ1) is 14.6. The number of piperidine rings is 1. The van der Waals surface area contributed by atoms with Crippen LogP contribution in [0, 0.1) is 0 Å². The molecular formula is C23H29N3O4S. The lowest BCUT2D eigenvalue weighted by molar-refractivity contribution is 0.0698. The van der Waals surface area contributed by atoms with Gasteiger partial charge >= 0.3 is 0 Å². The van der Waals surface area contributed by atoms with Crippen molar-refractivity contribution in [1.82, 2.24) is 10.2 Å². The minimum absolute atomic E-state index is 0.00584. The van der Waals surface area contributed by atoms with Crippen LogP contribution in [0.1, 0.15) is 58.9 Å². The average molecular weight is 444 g/mol. The first kappa shape index (κ1) is 22.8. The summed E-state index contributed by atoms with van der Waals surface area (Å²) < 4.78 is 24.9. The van der Waals surface area contributed by atoms with Crippen molar-refractivity contribution < 1.29 is 18.0 Å². The number of rotatable bonds is 6. The summed E-state index contributed by atoms with van der Waals surface area (Å²) in [5.41, 5.74) is 2.77. The summed E-state index contributed by atoms with van der Waals surface area (Å²) in [7, 11) is -3.35. The second-order valence-corrected chi connectivity index (χ2v) is 10.0. The van der Waals surface area contributed by atoms with Crippen molar-refractivity contribution in [2.45, 2.75) is 38.6 Å². The highest BCUT2D eigenvalue weighted by Crippen LogP contribution is 2.18. The number of anilines is 1. The summed E-state index contributed by atoms with van der Waals surface area (Å²) in [5, 5.41) is 3.01. The van der Waals surface area contributed by atoms with Crippen molar-refractivity contribution in [2.24, 2.45) is 0 Å². The number of likely N-dealkylation sites (tertiary alicyclic amines) is 1. The van der Waals surface area contributed by atoms with Gasteiger partial charge in [-0.05, 0) is 60.7 Å². The number of nitrogens with zero attached hydrogens (tertiary/aromatic N) is 1. The Morgan fingerprint density at radius 1 is 0.935 bits per heavy atom. The van der Waals surface area contributed by atoms with Crippen LogP contribution in [0.15, 0.2) is 48.5 Å². The molecule has 1 aliphatic rings.